The summed E-state index contributed by atoms with van der Waals surface area (Å²) in [5, 5.41) is 3.26. The molecule has 2 fully saturated rings. The Morgan fingerprint density at radius 1 is 1.05 bits per heavy atom. The molecule has 0 radical (unpaired) electrons. The van der Waals surface area contributed by atoms with Crippen LogP contribution >= 0.6 is 0 Å². The molecule has 1 saturated heterocycles. The highest BCUT2D eigenvalue weighted by Gasteiger charge is 2.32. The van der Waals surface area contributed by atoms with Gasteiger partial charge in [-0.15, -0.1) is 0 Å². The SMILES string of the molecule is NC(=O)CN(C(=O)C1CCCCCCC1)C1CCNC1. The Balaban J connectivity index is 2.01. The lowest BCUT2D eigenvalue weighted by molar-refractivity contribution is -0.141. The van der Waals surface area contributed by atoms with Gasteiger partial charge in [0.25, 0.3) is 0 Å². The molecule has 3 N–H and O–H groups in total. The van der Waals surface area contributed by atoms with Crippen LogP contribution in [-0.4, -0.2) is 42.4 Å². The first-order valence-electron chi connectivity index (χ1n) is 7.98. The van der Waals surface area contributed by atoms with Gasteiger partial charge in [-0.2, -0.15) is 0 Å². The zero-order valence-corrected chi connectivity index (χ0v) is 12.3. The molecule has 5 nitrogen and oxygen atoms in total. The third-order valence-electron chi connectivity index (χ3n) is 4.54. The molecule has 0 spiro atoms. The van der Waals surface area contributed by atoms with Crippen LogP contribution in [-0.2, 0) is 9.59 Å². The van der Waals surface area contributed by atoms with E-state index in [0.29, 0.717) is 0 Å². The van der Waals surface area contributed by atoms with E-state index in [4.69, 9.17) is 5.73 Å². The highest BCUT2D eigenvalue weighted by molar-refractivity contribution is 5.85. The lowest BCUT2D eigenvalue weighted by Gasteiger charge is -2.31. The molecule has 0 aromatic rings. The van der Waals surface area contributed by atoms with Crippen LogP contribution in [0.25, 0.3) is 0 Å². The maximum absolute atomic E-state index is 12.8. The number of nitrogens with one attached hydrogen (secondary N) is 1. The van der Waals surface area contributed by atoms with Crippen LogP contribution in [0.2, 0.25) is 0 Å². The monoisotopic (exact) mass is 281 g/mol. The summed E-state index contributed by atoms with van der Waals surface area (Å²) in [6, 6.07) is 0.139. The van der Waals surface area contributed by atoms with Gasteiger partial charge in [0.2, 0.25) is 11.8 Å². The molecule has 2 amide bonds. The molecule has 0 aromatic carbocycles. The third-order valence-corrected chi connectivity index (χ3v) is 4.54. The molecule has 5 heteroatoms. The number of hydrogen-bond donors (Lipinski definition) is 2. The maximum atomic E-state index is 12.8. The normalized spacial score (nSPS) is 24.9. The molecule has 1 unspecified atom stereocenters. The summed E-state index contributed by atoms with van der Waals surface area (Å²) in [7, 11) is 0. The average molecular weight is 281 g/mol. The first kappa shape index (κ1) is 15.3. The van der Waals surface area contributed by atoms with E-state index in [1.165, 1.54) is 19.3 Å². The Morgan fingerprint density at radius 2 is 1.70 bits per heavy atom. The fourth-order valence-corrected chi connectivity index (χ4v) is 3.40. The molecule has 0 aromatic heterocycles. The number of amides is 2. The summed E-state index contributed by atoms with van der Waals surface area (Å²) in [5.74, 6) is -0.161. The van der Waals surface area contributed by atoms with Crippen molar-refractivity contribution in [3.05, 3.63) is 0 Å². The number of nitrogens with zero attached hydrogens (tertiary/aromatic N) is 1. The highest BCUT2D eigenvalue weighted by Crippen LogP contribution is 2.25. The Labute approximate surface area is 121 Å². The Morgan fingerprint density at radius 3 is 2.25 bits per heavy atom. The van der Waals surface area contributed by atoms with Gasteiger partial charge in [-0.3, -0.25) is 9.59 Å². The predicted octanol–water partition coefficient (Wildman–Crippen LogP) is 1.02. The van der Waals surface area contributed by atoms with Crippen molar-refractivity contribution in [2.45, 2.75) is 57.4 Å². The zero-order valence-electron chi connectivity index (χ0n) is 12.3. The van der Waals surface area contributed by atoms with Crippen molar-refractivity contribution in [3.8, 4) is 0 Å². The van der Waals surface area contributed by atoms with Gasteiger partial charge in [-0.1, -0.05) is 32.1 Å². The standard InChI is InChI=1S/C15H27N3O2/c16-14(19)11-18(13-8-9-17-10-13)15(20)12-6-4-2-1-3-5-7-12/h12-13,17H,1-11H2,(H2,16,19). The van der Waals surface area contributed by atoms with Crippen LogP contribution in [0, 0.1) is 5.92 Å². The van der Waals surface area contributed by atoms with E-state index in [9.17, 15) is 9.59 Å². The fraction of sp³-hybridized carbons (Fsp3) is 0.867. The number of primary amides is 1. The van der Waals surface area contributed by atoms with Crippen molar-refractivity contribution in [2.24, 2.45) is 11.7 Å². The van der Waals surface area contributed by atoms with E-state index in [-0.39, 0.29) is 24.4 Å². The van der Waals surface area contributed by atoms with Crippen molar-refractivity contribution < 1.29 is 9.59 Å². The Hall–Kier alpha value is -1.10. The molecular weight excluding hydrogens is 254 g/mol. The van der Waals surface area contributed by atoms with E-state index in [2.05, 4.69) is 5.32 Å². The molecule has 20 heavy (non-hydrogen) atoms. The molecular formula is C15H27N3O2. The first-order chi connectivity index (χ1) is 9.68. The minimum Gasteiger partial charge on any atom is -0.368 e. The fourth-order valence-electron chi connectivity index (χ4n) is 3.40. The minimum atomic E-state index is -0.406. The van der Waals surface area contributed by atoms with Gasteiger partial charge >= 0.3 is 0 Å². The second kappa shape index (κ2) is 7.62. The number of carbonyl (C=O) groups is 2. The number of nitrogens with two attached hydrogens (primary N) is 1. The van der Waals surface area contributed by atoms with Crippen LogP contribution in [0.5, 0.6) is 0 Å². The van der Waals surface area contributed by atoms with Crippen molar-refractivity contribution >= 4 is 11.8 Å². The van der Waals surface area contributed by atoms with Gasteiger partial charge in [0.15, 0.2) is 0 Å². The van der Waals surface area contributed by atoms with Gasteiger partial charge in [0.05, 0.1) is 6.54 Å². The van der Waals surface area contributed by atoms with Gasteiger partial charge in [0.1, 0.15) is 0 Å². The molecule has 1 atom stereocenters. The van der Waals surface area contributed by atoms with Crippen molar-refractivity contribution in [1.82, 2.24) is 10.2 Å². The van der Waals surface area contributed by atoms with Crippen molar-refractivity contribution in [3.63, 3.8) is 0 Å². The van der Waals surface area contributed by atoms with E-state index in [1.807, 2.05) is 0 Å². The largest absolute Gasteiger partial charge is 0.368 e. The van der Waals surface area contributed by atoms with Crippen molar-refractivity contribution in [1.29, 1.82) is 0 Å². The second-order valence-corrected chi connectivity index (χ2v) is 6.12. The summed E-state index contributed by atoms with van der Waals surface area (Å²) in [4.78, 5) is 25.8. The summed E-state index contributed by atoms with van der Waals surface area (Å²) < 4.78 is 0. The molecule has 1 saturated carbocycles. The van der Waals surface area contributed by atoms with Crippen LogP contribution in [0.3, 0.4) is 0 Å². The molecule has 0 bridgehead atoms. The van der Waals surface area contributed by atoms with Gasteiger partial charge in [0, 0.05) is 18.5 Å². The third kappa shape index (κ3) is 4.20. The van der Waals surface area contributed by atoms with Crippen LogP contribution in [0.4, 0.5) is 0 Å². The molecule has 1 aliphatic carbocycles. The topological polar surface area (TPSA) is 75.4 Å². The Bertz CT molecular complexity index is 332. The van der Waals surface area contributed by atoms with E-state index in [1.54, 1.807) is 4.90 Å². The number of hydrogen-bond acceptors (Lipinski definition) is 3. The quantitative estimate of drug-likeness (QED) is 0.808. The molecule has 1 heterocycles. The summed E-state index contributed by atoms with van der Waals surface area (Å²) in [5.41, 5.74) is 5.33. The lowest BCUT2D eigenvalue weighted by Crippen LogP contribution is -2.48. The number of carbonyl (C=O) groups excluding carboxylic acids is 2. The summed E-state index contributed by atoms with van der Waals surface area (Å²) in [6.07, 6.45) is 8.86. The van der Waals surface area contributed by atoms with E-state index < -0.39 is 5.91 Å². The zero-order chi connectivity index (χ0) is 14.4. The van der Waals surface area contributed by atoms with Gasteiger partial charge < -0.3 is 16.0 Å². The van der Waals surface area contributed by atoms with Gasteiger partial charge in [-0.05, 0) is 25.8 Å². The van der Waals surface area contributed by atoms with Crippen LogP contribution in [0.15, 0.2) is 0 Å². The smallest absolute Gasteiger partial charge is 0.237 e. The second-order valence-electron chi connectivity index (χ2n) is 6.12. The number of rotatable bonds is 4. The summed E-state index contributed by atoms with van der Waals surface area (Å²) in [6.45, 7) is 1.77. The minimum absolute atomic E-state index is 0.0711. The molecule has 2 aliphatic rings. The van der Waals surface area contributed by atoms with E-state index in [0.717, 1.165) is 45.2 Å². The Kier molecular flexibility index (Phi) is 5.83. The van der Waals surface area contributed by atoms with Crippen LogP contribution < -0.4 is 11.1 Å². The van der Waals surface area contributed by atoms with E-state index >= 15 is 0 Å². The lowest BCUT2D eigenvalue weighted by atomic mass is 9.89. The predicted molar refractivity (Wildman–Crippen MR) is 78.0 cm³/mol. The first-order valence-corrected chi connectivity index (χ1v) is 7.98. The molecule has 114 valence electrons. The summed E-state index contributed by atoms with van der Waals surface area (Å²) >= 11 is 0. The average Bonchev–Trinajstić information content (AvgIpc) is 2.88. The maximum Gasteiger partial charge on any atom is 0.237 e. The molecule has 1 aliphatic heterocycles. The van der Waals surface area contributed by atoms with Gasteiger partial charge in [-0.25, -0.2) is 0 Å². The highest BCUT2D eigenvalue weighted by atomic mass is 16.2. The molecule has 2 rings (SSSR count). The van der Waals surface area contributed by atoms with Crippen LogP contribution in [0.1, 0.15) is 51.4 Å². The van der Waals surface area contributed by atoms with Crippen molar-refractivity contribution in [2.75, 3.05) is 19.6 Å².